The average Bonchev–Trinajstić information content (AvgIpc) is 2.94. The maximum absolute atomic E-state index is 10.3. The number of aliphatic hydroxyl groups excluding tert-OH is 1. The van der Waals surface area contributed by atoms with E-state index in [0.717, 1.165) is 10.7 Å². The molecule has 0 aliphatic heterocycles. The van der Waals surface area contributed by atoms with Gasteiger partial charge >= 0.3 is 0 Å². The lowest BCUT2D eigenvalue weighted by atomic mass is 9.98. The fraction of sp³-hybridized carbons (Fsp3) is 0.312. The summed E-state index contributed by atoms with van der Waals surface area (Å²) in [7, 11) is 0. The third-order valence-electron chi connectivity index (χ3n) is 3.55. The smallest absolute Gasteiger partial charge is 0.193 e. The molecule has 1 aromatic carbocycles. The molecule has 0 radical (unpaired) electrons. The van der Waals surface area contributed by atoms with Crippen molar-refractivity contribution >= 4 is 16.3 Å². The third-order valence-corrected chi connectivity index (χ3v) is 4.32. The molecular weight excluding hydrogens is 268 g/mol. The Labute approximate surface area is 122 Å². The summed E-state index contributed by atoms with van der Waals surface area (Å²) in [5, 5.41) is 12.3. The number of fused-ring (bicyclic) bond motifs is 1. The molecule has 0 aliphatic rings. The lowest BCUT2D eigenvalue weighted by Crippen LogP contribution is -2.15. The van der Waals surface area contributed by atoms with E-state index in [1.54, 1.807) is 11.3 Å². The predicted octanol–water partition coefficient (Wildman–Crippen LogP) is 3.16. The molecule has 0 fully saturated rings. The minimum Gasteiger partial charge on any atom is -0.392 e. The topological polar surface area (TPSA) is 37.5 Å². The van der Waals surface area contributed by atoms with E-state index >= 15 is 0 Å². The number of benzene rings is 1. The van der Waals surface area contributed by atoms with Crippen LogP contribution in [0, 0.1) is 13.8 Å². The Morgan fingerprint density at radius 1 is 1.30 bits per heavy atom. The largest absolute Gasteiger partial charge is 0.392 e. The number of rotatable bonds is 4. The summed E-state index contributed by atoms with van der Waals surface area (Å²) < 4.78 is 2.00. The van der Waals surface area contributed by atoms with Crippen LogP contribution in [0.5, 0.6) is 0 Å². The number of hydrogen-bond donors (Lipinski definition) is 1. The molecule has 3 aromatic rings. The Morgan fingerprint density at radius 2 is 2.15 bits per heavy atom. The van der Waals surface area contributed by atoms with Crippen molar-refractivity contribution in [1.29, 1.82) is 0 Å². The first-order valence-corrected chi connectivity index (χ1v) is 7.65. The fourth-order valence-electron chi connectivity index (χ4n) is 2.46. The monoisotopic (exact) mass is 286 g/mol. The van der Waals surface area contributed by atoms with Crippen LogP contribution in [0.1, 0.15) is 22.4 Å². The van der Waals surface area contributed by atoms with Gasteiger partial charge in [0, 0.05) is 24.2 Å². The quantitative estimate of drug-likeness (QED) is 0.800. The Hall–Kier alpha value is -1.65. The van der Waals surface area contributed by atoms with Crippen LogP contribution >= 0.6 is 11.3 Å². The van der Waals surface area contributed by atoms with Gasteiger partial charge in [-0.25, -0.2) is 4.98 Å². The molecule has 0 bridgehead atoms. The molecule has 3 rings (SSSR count). The van der Waals surface area contributed by atoms with Crippen LogP contribution in [0.4, 0.5) is 0 Å². The van der Waals surface area contributed by atoms with Gasteiger partial charge in [0.25, 0.3) is 0 Å². The van der Waals surface area contributed by atoms with Crippen LogP contribution in [0.25, 0.3) is 4.96 Å². The van der Waals surface area contributed by atoms with E-state index in [0.29, 0.717) is 12.8 Å². The molecule has 2 aromatic heterocycles. The summed E-state index contributed by atoms with van der Waals surface area (Å²) in [6.07, 6.45) is 4.88. The Morgan fingerprint density at radius 3 is 2.95 bits per heavy atom. The summed E-state index contributed by atoms with van der Waals surface area (Å²) in [6, 6.07) is 6.38. The number of nitrogens with zero attached hydrogens (tertiary/aromatic N) is 2. The van der Waals surface area contributed by atoms with E-state index in [4.69, 9.17) is 0 Å². The second-order valence-corrected chi connectivity index (χ2v) is 6.19. The highest BCUT2D eigenvalue weighted by molar-refractivity contribution is 7.15. The Balaban J connectivity index is 1.71. The first kappa shape index (κ1) is 13.3. The van der Waals surface area contributed by atoms with E-state index in [1.807, 2.05) is 22.2 Å². The lowest BCUT2D eigenvalue weighted by Gasteiger charge is -2.12. The van der Waals surface area contributed by atoms with Crippen molar-refractivity contribution in [3.63, 3.8) is 0 Å². The van der Waals surface area contributed by atoms with Gasteiger partial charge in [-0.15, -0.1) is 11.3 Å². The second-order valence-electron chi connectivity index (χ2n) is 5.32. The number of aromatic nitrogens is 2. The highest BCUT2D eigenvalue weighted by Gasteiger charge is 2.12. The van der Waals surface area contributed by atoms with Gasteiger partial charge < -0.3 is 5.11 Å². The van der Waals surface area contributed by atoms with Gasteiger partial charge in [-0.1, -0.05) is 23.8 Å². The van der Waals surface area contributed by atoms with Crippen molar-refractivity contribution in [1.82, 2.24) is 9.38 Å². The van der Waals surface area contributed by atoms with E-state index in [-0.39, 0.29) is 6.10 Å². The summed E-state index contributed by atoms with van der Waals surface area (Å²) in [5.74, 6) is 0. The normalized spacial score (nSPS) is 12.9. The van der Waals surface area contributed by atoms with E-state index in [1.165, 1.54) is 16.7 Å². The Bertz CT molecular complexity index is 700. The van der Waals surface area contributed by atoms with Gasteiger partial charge in [0.05, 0.1) is 11.8 Å². The Kier molecular flexibility index (Phi) is 3.59. The molecule has 1 atom stereocenters. The molecule has 1 unspecified atom stereocenters. The van der Waals surface area contributed by atoms with Crippen molar-refractivity contribution in [2.75, 3.05) is 0 Å². The van der Waals surface area contributed by atoms with Crippen molar-refractivity contribution in [3.8, 4) is 0 Å². The van der Waals surface area contributed by atoms with Gasteiger partial charge in [-0.2, -0.15) is 0 Å². The SMILES string of the molecule is Cc1ccc(C)c(CC(O)Cc2cn3ccsc3n2)c1. The first-order valence-electron chi connectivity index (χ1n) is 6.77. The molecule has 0 saturated carbocycles. The minimum atomic E-state index is -0.389. The highest BCUT2D eigenvalue weighted by Crippen LogP contribution is 2.16. The zero-order chi connectivity index (χ0) is 14.1. The average molecular weight is 286 g/mol. The minimum absolute atomic E-state index is 0.389. The number of aliphatic hydroxyl groups is 1. The van der Waals surface area contributed by atoms with Gasteiger partial charge in [-0.05, 0) is 31.4 Å². The van der Waals surface area contributed by atoms with Gasteiger partial charge in [0.2, 0.25) is 0 Å². The van der Waals surface area contributed by atoms with Crippen molar-refractivity contribution in [2.45, 2.75) is 32.8 Å². The van der Waals surface area contributed by atoms with Gasteiger partial charge in [0.1, 0.15) is 0 Å². The van der Waals surface area contributed by atoms with Crippen LogP contribution in [0.15, 0.2) is 36.0 Å². The molecule has 4 heteroatoms. The molecule has 104 valence electrons. The number of thiazole rings is 1. The van der Waals surface area contributed by atoms with Gasteiger partial charge in [-0.3, -0.25) is 4.40 Å². The maximum Gasteiger partial charge on any atom is 0.193 e. The zero-order valence-electron chi connectivity index (χ0n) is 11.7. The number of hydrogen-bond acceptors (Lipinski definition) is 3. The molecular formula is C16H18N2OS. The lowest BCUT2D eigenvalue weighted by molar-refractivity contribution is 0.174. The van der Waals surface area contributed by atoms with Crippen LogP contribution in [0.3, 0.4) is 0 Å². The molecule has 3 nitrogen and oxygen atoms in total. The second kappa shape index (κ2) is 5.38. The van der Waals surface area contributed by atoms with Crippen molar-refractivity contribution < 1.29 is 5.11 Å². The number of imidazole rings is 1. The zero-order valence-corrected chi connectivity index (χ0v) is 12.5. The highest BCUT2D eigenvalue weighted by atomic mass is 32.1. The van der Waals surface area contributed by atoms with Crippen LogP contribution in [-0.2, 0) is 12.8 Å². The molecule has 20 heavy (non-hydrogen) atoms. The van der Waals surface area contributed by atoms with Gasteiger partial charge in [0.15, 0.2) is 4.96 Å². The standard InChI is InChI=1S/C16H18N2OS/c1-11-3-4-12(2)13(7-11)8-15(19)9-14-10-18-5-6-20-16(18)17-14/h3-7,10,15,19H,8-9H2,1-2H3. The maximum atomic E-state index is 10.3. The summed E-state index contributed by atoms with van der Waals surface area (Å²) in [4.78, 5) is 5.50. The van der Waals surface area contributed by atoms with E-state index in [9.17, 15) is 5.11 Å². The van der Waals surface area contributed by atoms with E-state index < -0.39 is 0 Å². The van der Waals surface area contributed by atoms with Crippen molar-refractivity contribution in [2.24, 2.45) is 0 Å². The molecule has 0 aliphatic carbocycles. The third kappa shape index (κ3) is 2.76. The van der Waals surface area contributed by atoms with E-state index in [2.05, 4.69) is 37.0 Å². The summed E-state index contributed by atoms with van der Waals surface area (Å²) >= 11 is 1.61. The van der Waals surface area contributed by atoms with Crippen molar-refractivity contribution in [3.05, 3.63) is 58.4 Å². The van der Waals surface area contributed by atoms with Crippen LogP contribution < -0.4 is 0 Å². The van der Waals surface area contributed by atoms with Crippen LogP contribution in [0.2, 0.25) is 0 Å². The molecule has 0 spiro atoms. The predicted molar refractivity (Wildman–Crippen MR) is 82.4 cm³/mol. The van der Waals surface area contributed by atoms with Crippen LogP contribution in [-0.4, -0.2) is 20.6 Å². The molecule has 0 saturated heterocycles. The summed E-state index contributed by atoms with van der Waals surface area (Å²) in [5.41, 5.74) is 4.65. The number of aryl methyl sites for hydroxylation is 2. The fourth-order valence-corrected chi connectivity index (χ4v) is 3.18. The first-order chi connectivity index (χ1) is 9.61. The summed E-state index contributed by atoms with van der Waals surface area (Å²) in [6.45, 7) is 4.17. The molecule has 1 N–H and O–H groups in total. The molecule has 0 amide bonds. The molecule has 2 heterocycles.